The monoisotopic (exact) mass is 286 g/mol. The van der Waals surface area contributed by atoms with Gasteiger partial charge in [0.25, 0.3) is 5.91 Å². The fourth-order valence-corrected chi connectivity index (χ4v) is 2.64. The molecule has 1 aliphatic heterocycles. The number of likely N-dealkylation sites (tertiary alicyclic amines) is 1. The largest absolute Gasteiger partial charge is 0.386 e. The van der Waals surface area contributed by atoms with Gasteiger partial charge in [0.05, 0.1) is 30.6 Å². The van der Waals surface area contributed by atoms with Crippen LogP contribution in [0.2, 0.25) is 0 Å². The molecule has 0 saturated carbocycles. The molecule has 0 unspecified atom stereocenters. The van der Waals surface area contributed by atoms with Crippen LogP contribution in [0.25, 0.3) is 5.69 Å². The zero-order chi connectivity index (χ0) is 14.9. The quantitative estimate of drug-likeness (QED) is 0.918. The van der Waals surface area contributed by atoms with Crippen molar-refractivity contribution in [2.45, 2.75) is 25.4 Å². The topological polar surface area (TPSA) is 71.2 Å². The van der Waals surface area contributed by atoms with Gasteiger partial charge in [-0.2, -0.15) is 9.90 Å². The van der Waals surface area contributed by atoms with E-state index >= 15 is 0 Å². The Bertz CT molecular complexity index is 632. The van der Waals surface area contributed by atoms with E-state index in [-0.39, 0.29) is 5.91 Å². The maximum Gasteiger partial charge on any atom is 0.276 e. The Morgan fingerprint density at radius 3 is 2.71 bits per heavy atom. The summed E-state index contributed by atoms with van der Waals surface area (Å²) in [6.07, 6.45) is 3.09. The fourth-order valence-electron chi connectivity index (χ4n) is 2.64. The minimum Gasteiger partial charge on any atom is -0.386 e. The minimum atomic E-state index is -0.722. The predicted octanol–water partition coefficient (Wildman–Crippen LogP) is 1.25. The van der Waals surface area contributed by atoms with Gasteiger partial charge in [-0.25, -0.2) is 0 Å². The van der Waals surface area contributed by atoms with Crippen molar-refractivity contribution in [3.8, 4) is 5.69 Å². The highest BCUT2D eigenvalue weighted by Gasteiger charge is 2.43. The molecule has 3 rings (SSSR count). The van der Waals surface area contributed by atoms with Gasteiger partial charge in [0.1, 0.15) is 0 Å². The number of aromatic nitrogens is 3. The van der Waals surface area contributed by atoms with Crippen molar-refractivity contribution >= 4 is 5.91 Å². The Morgan fingerprint density at radius 2 is 2.05 bits per heavy atom. The Morgan fingerprint density at radius 1 is 1.33 bits per heavy atom. The molecule has 1 amide bonds. The number of carbonyl (C=O) groups is 1. The van der Waals surface area contributed by atoms with Crippen LogP contribution in [0, 0.1) is 0 Å². The van der Waals surface area contributed by atoms with E-state index in [1.165, 1.54) is 11.0 Å². The lowest BCUT2D eigenvalue weighted by Crippen LogP contribution is -2.63. The summed E-state index contributed by atoms with van der Waals surface area (Å²) >= 11 is 0. The average molecular weight is 286 g/mol. The van der Waals surface area contributed by atoms with E-state index in [0.29, 0.717) is 25.2 Å². The Labute approximate surface area is 123 Å². The zero-order valence-corrected chi connectivity index (χ0v) is 11.9. The molecule has 0 bridgehead atoms. The van der Waals surface area contributed by atoms with E-state index in [4.69, 9.17) is 0 Å². The molecule has 1 aliphatic rings. The number of hydrogen-bond acceptors (Lipinski definition) is 4. The van der Waals surface area contributed by atoms with Gasteiger partial charge in [-0.1, -0.05) is 31.5 Å². The molecule has 2 heterocycles. The van der Waals surface area contributed by atoms with Gasteiger partial charge in [0, 0.05) is 0 Å². The number of carbonyl (C=O) groups excluding carboxylic acids is 1. The molecule has 6 heteroatoms. The smallest absolute Gasteiger partial charge is 0.276 e. The predicted molar refractivity (Wildman–Crippen MR) is 77.1 cm³/mol. The number of amides is 1. The van der Waals surface area contributed by atoms with Crippen molar-refractivity contribution in [1.82, 2.24) is 19.9 Å². The highest BCUT2D eigenvalue weighted by atomic mass is 16.3. The molecule has 1 aromatic heterocycles. The van der Waals surface area contributed by atoms with Crippen LogP contribution >= 0.6 is 0 Å². The number of benzene rings is 1. The van der Waals surface area contributed by atoms with E-state index < -0.39 is 5.60 Å². The van der Waals surface area contributed by atoms with E-state index in [0.717, 1.165) is 12.1 Å². The summed E-state index contributed by atoms with van der Waals surface area (Å²) in [4.78, 5) is 15.3. The van der Waals surface area contributed by atoms with Gasteiger partial charge < -0.3 is 10.0 Å². The molecule has 0 atom stereocenters. The van der Waals surface area contributed by atoms with Crippen molar-refractivity contribution in [3.63, 3.8) is 0 Å². The normalized spacial score (nSPS) is 16.6. The molecule has 1 N–H and O–H groups in total. The van der Waals surface area contributed by atoms with E-state index in [2.05, 4.69) is 10.2 Å². The summed E-state index contributed by atoms with van der Waals surface area (Å²) in [5.41, 5.74) is 0.389. The highest BCUT2D eigenvalue weighted by molar-refractivity contribution is 5.92. The van der Waals surface area contributed by atoms with Gasteiger partial charge in [-0.3, -0.25) is 4.79 Å². The van der Waals surface area contributed by atoms with E-state index in [1.54, 1.807) is 4.90 Å². The van der Waals surface area contributed by atoms with Crippen molar-refractivity contribution in [1.29, 1.82) is 0 Å². The summed E-state index contributed by atoms with van der Waals surface area (Å²) in [6.45, 7) is 2.77. The first-order valence-corrected chi connectivity index (χ1v) is 7.11. The number of nitrogens with zero attached hydrogens (tertiary/aromatic N) is 4. The SMILES string of the molecule is CCCC1(O)CN(C(=O)c2cnn(-c3ccccc3)n2)C1. The second kappa shape index (κ2) is 5.29. The van der Waals surface area contributed by atoms with Gasteiger partial charge in [0.2, 0.25) is 0 Å². The molecular weight excluding hydrogens is 268 g/mol. The summed E-state index contributed by atoms with van der Waals surface area (Å²) in [6, 6.07) is 9.43. The van der Waals surface area contributed by atoms with Crippen LogP contribution in [0.5, 0.6) is 0 Å². The van der Waals surface area contributed by atoms with Crippen LogP contribution < -0.4 is 0 Å². The molecule has 0 spiro atoms. The maximum atomic E-state index is 12.3. The first-order valence-electron chi connectivity index (χ1n) is 7.11. The van der Waals surface area contributed by atoms with Gasteiger partial charge in [0.15, 0.2) is 5.69 Å². The second-order valence-electron chi connectivity index (χ2n) is 5.49. The molecule has 0 aliphatic carbocycles. The summed E-state index contributed by atoms with van der Waals surface area (Å²) < 4.78 is 0. The van der Waals surface area contributed by atoms with Crippen molar-refractivity contribution in [2.24, 2.45) is 0 Å². The van der Waals surface area contributed by atoms with Crippen LogP contribution in [0.15, 0.2) is 36.5 Å². The molecule has 1 aromatic carbocycles. The molecule has 1 fully saturated rings. The maximum absolute atomic E-state index is 12.3. The van der Waals surface area contributed by atoms with Crippen LogP contribution in [0.4, 0.5) is 0 Å². The lowest BCUT2D eigenvalue weighted by Gasteiger charge is -2.46. The highest BCUT2D eigenvalue weighted by Crippen LogP contribution is 2.26. The summed E-state index contributed by atoms with van der Waals surface area (Å²) in [5, 5.41) is 18.5. The lowest BCUT2D eigenvalue weighted by molar-refractivity contribution is -0.0861. The number of para-hydroxylation sites is 1. The van der Waals surface area contributed by atoms with Crippen LogP contribution in [0.3, 0.4) is 0 Å². The Balaban J connectivity index is 1.69. The van der Waals surface area contributed by atoms with Crippen LogP contribution in [0.1, 0.15) is 30.3 Å². The number of hydrogen-bond donors (Lipinski definition) is 1. The minimum absolute atomic E-state index is 0.182. The van der Waals surface area contributed by atoms with E-state index in [1.807, 2.05) is 37.3 Å². The second-order valence-corrected chi connectivity index (χ2v) is 5.49. The third-order valence-electron chi connectivity index (χ3n) is 3.67. The lowest BCUT2D eigenvalue weighted by atomic mass is 9.89. The number of rotatable bonds is 4. The third-order valence-corrected chi connectivity index (χ3v) is 3.67. The van der Waals surface area contributed by atoms with Crippen molar-refractivity contribution in [3.05, 3.63) is 42.2 Å². The standard InChI is InChI=1S/C15H18N4O2/c1-2-8-15(21)10-18(11-15)14(20)13-9-16-19(17-13)12-6-4-3-5-7-12/h3-7,9,21H,2,8,10-11H2,1H3. The third kappa shape index (κ3) is 2.67. The van der Waals surface area contributed by atoms with Gasteiger partial charge >= 0.3 is 0 Å². The molecule has 1 saturated heterocycles. The Kier molecular flexibility index (Phi) is 3.47. The van der Waals surface area contributed by atoms with Crippen molar-refractivity contribution < 1.29 is 9.90 Å². The first-order chi connectivity index (χ1) is 10.1. The Hall–Kier alpha value is -2.21. The molecular formula is C15H18N4O2. The first kappa shape index (κ1) is 13.8. The average Bonchev–Trinajstić information content (AvgIpc) is 2.95. The summed E-state index contributed by atoms with van der Waals surface area (Å²) in [7, 11) is 0. The fraction of sp³-hybridized carbons (Fsp3) is 0.400. The van der Waals surface area contributed by atoms with Gasteiger partial charge in [-0.15, -0.1) is 5.10 Å². The number of β-amino-alcohol motifs (C(OH)–C–C–N with tert-alkyl or cyclic N) is 1. The molecule has 6 nitrogen and oxygen atoms in total. The zero-order valence-electron chi connectivity index (χ0n) is 11.9. The van der Waals surface area contributed by atoms with Crippen molar-refractivity contribution in [2.75, 3.05) is 13.1 Å². The molecule has 110 valence electrons. The van der Waals surface area contributed by atoms with Crippen LogP contribution in [-0.2, 0) is 0 Å². The summed E-state index contributed by atoms with van der Waals surface area (Å²) in [5.74, 6) is -0.182. The molecule has 2 aromatic rings. The van der Waals surface area contributed by atoms with E-state index in [9.17, 15) is 9.90 Å². The van der Waals surface area contributed by atoms with Crippen LogP contribution in [-0.4, -0.2) is 49.6 Å². The number of aliphatic hydroxyl groups is 1. The molecule has 0 radical (unpaired) electrons. The molecule has 21 heavy (non-hydrogen) atoms. The van der Waals surface area contributed by atoms with Gasteiger partial charge in [-0.05, 0) is 18.6 Å².